The average molecular weight is 308 g/mol. The minimum absolute atomic E-state index is 0.338. The molecule has 0 aromatic carbocycles. The van der Waals surface area contributed by atoms with Gasteiger partial charge in [0, 0.05) is 0 Å². The molecule has 0 bridgehead atoms. The minimum Gasteiger partial charge on any atom is -0.322 e. The summed E-state index contributed by atoms with van der Waals surface area (Å²) in [5, 5.41) is 0. The molecular weight excluding hydrogens is 270 g/mol. The molecule has 3 rings (SSSR count). The highest BCUT2D eigenvalue weighted by Crippen LogP contribution is 2.49. The van der Waals surface area contributed by atoms with Crippen molar-refractivity contribution in [2.75, 3.05) is 0 Å². The van der Waals surface area contributed by atoms with Crippen LogP contribution in [0.5, 0.6) is 0 Å². The second-order valence-electron chi connectivity index (χ2n) is 8.61. The Morgan fingerprint density at radius 3 is 1.50 bits per heavy atom. The molecule has 0 spiro atoms. The summed E-state index contributed by atoms with van der Waals surface area (Å²) in [4.78, 5) is 0. The van der Waals surface area contributed by atoms with Crippen LogP contribution >= 0.6 is 0 Å². The smallest absolute Gasteiger partial charge is 0.0824 e. The van der Waals surface area contributed by atoms with Crippen LogP contribution in [0.4, 0.5) is 0 Å². The Morgan fingerprint density at radius 2 is 1.05 bits per heavy atom. The van der Waals surface area contributed by atoms with E-state index in [0.29, 0.717) is 5.92 Å². The second kappa shape index (κ2) is 6.78. The SMILES string of the molecule is NC1(N)CCCCC1(N)C(C1CCCCC1)C1CCCCC1. The molecule has 3 fully saturated rings. The molecule has 3 saturated carbocycles. The first-order valence-electron chi connectivity index (χ1n) is 9.91. The van der Waals surface area contributed by atoms with Crippen LogP contribution in [0.25, 0.3) is 0 Å². The molecule has 0 aromatic heterocycles. The van der Waals surface area contributed by atoms with Crippen LogP contribution in [-0.4, -0.2) is 11.2 Å². The van der Waals surface area contributed by atoms with Crippen molar-refractivity contribution in [2.24, 2.45) is 35.0 Å². The summed E-state index contributed by atoms with van der Waals surface area (Å²) in [5.41, 5.74) is 19.3. The van der Waals surface area contributed by atoms with Gasteiger partial charge in [0.2, 0.25) is 0 Å². The minimum atomic E-state index is -0.662. The predicted molar refractivity (Wildman–Crippen MR) is 93.1 cm³/mol. The highest BCUT2D eigenvalue weighted by Gasteiger charge is 2.54. The molecule has 1 atom stereocenters. The zero-order valence-electron chi connectivity index (χ0n) is 14.4. The fourth-order valence-corrected chi connectivity index (χ4v) is 5.99. The Balaban J connectivity index is 1.88. The lowest BCUT2D eigenvalue weighted by Gasteiger charge is -2.56. The highest BCUT2D eigenvalue weighted by atomic mass is 15.1. The van der Waals surface area contributed by atoms with E-state index in [0.717, 1.165) is 31.1 Å². The van der Waals surface area contributed by atoms with Gasteiger partial charge in [0.05, 0.1) is 11.2 Å². The molecule has 6 N–H and O–H groups in total. The third-order valence-corrected chi connectivity index (χ3v) is 7.21. The summed E-state index contributed by atoms with van der Waals surface area (Å²) in [6.07, 6.45) is 18.1. The summed E-state index contributed by atoms with van der Waals surface area (Å²) in [7, 11) is 0. The second-order valence-corrected chi connectivity index (χ2v) is 8.61. The van der Waals surface area contributed by atoms with Gasteiger partial charge in [0.25, 0.3) is 0 Å². The van der Waals surface area contributed by atoms with Crippen LogP contribution in [-0.2, 0) is 0 Å². The maximum absolute atomic E-state index is 7.09. The first-order valence-corrected chi connectivity index (χ1v) is 9.91. The van der Waals surface area contributed by atoms with Gasteiger partial charge in [-0.2, -0.15) is 0 Å². The van der Waals surface area contributed by atoms with Crippen molar-refractivity contribution < 1.29 is 0 Å². The van der Waals surface area contributed by atoms with E-state index in [1.807, 2.05) is 0 Å². The topological polar surface area (TPSA) is 78.1 Å². The first kappa shape index (κ1) is 16.7. The van der Waals surface area contributed by atoms with Crippen molar-refractivity contribution in [2.45, 2.75) is 101 Å². The van der Waals surface area contributed by atoms with Crippen LogP contribution < -0.4 is 17.2 Å². The van der Waals surface area contributed by atoms with E-state index in [9.17, 15) is 0 Å². The van der Waals surface area contributed by atoms with E-state index in [4.69, 9.17) is 17.2 Å². The van der Waals surface area contributed by atoms with Gasteiger partial charge >= 0.3 is 0 Å². The van der Waals surface area contributed by atoms with Gasteiger partial charge in [-0.25, -0.2) is 0 Å². The monoisotopic (exact) mass is 307 g/mol. The van der Waals surface area contributed by atoms with E-state index in [-0.39, 0.29) is 5.54 Å². The third kappa shape index (κ3) is 3.09. The largest absolute Gasteiger partial charge is 0.322 e. The lowest BCUT2D eigenvalue weighted by molar-refractivity contribution is -0.00337. The molecule has 3 aliphatic carbocycles. The Hall–Kier alpha value is -0.120. The maximum atomic E-state index is 7.09. The molecule has 128 valence electrons. The Morgan fingerprint density at radius 1 is 0.591 bits per heavy atom. The molecule has 3 heteroatoms. The molecule has 0 amide bonds. The summed E-state index contributed by atoms with van der Waals surface area (Å²) >= 11 is 0. The predicted octanol–water partition coefficient (Wildman–Crippen LogP) is 3.65. The van der Waals surface area contributed by atoms with Gasteiger partial charge in [-0.15, -0.1) is 0 Å². The fraction of sp³-hybridized carbons (Fsp3) is 1.00. The van der Waals surface area contributed by atoms with Crippen molar-refractivity contribution in [1.29, 1.82) is 0 Å². The summed E-state index contributed by atoms with van der Waals surface area (Å²) in [6, 6.07) is 0. The Labute approximate surface area is 136 Å². The van der Waals surface area contributed by atoms with Crippen LogP contribution in [0.1, 0.15) is 89.9 Å². The Bertz CT molecular complexity index is 338. The number of hydrogen-bond donors (Lipinski definition) is 3. The van der Waals surface area contributed by atoms with Crippen LogP contribution in [0, 0.1) is 17.8 Å². The lowest BCUT2D eigenvalue weighted by Crippen LogP contribution is -2.77. The van der Waals surface area contributed by atoms with Gasteiger partial charge in [-0.1, -0.05) is 77.0 Å². The van der Waals surface area contributed by atoms with Gasteiger partial charge in [0.1, 0.15) is 0 Å². The molecular formula is C19H37N3. The molecule has 1 unspecified atom stereocenters. The van der Waals surface area contributed by atoms with Crippen LogP contribution in [0.3, 0.4) is 0 Å². The summed E-state index contributed by atoms with van der Waals surface area (Å²) in [5.74, 6) is 2.10. The number of nitrogens with two attached hydrogens (primary N) is 3. The van der Waals surface area contributed by atoms with Gasteiger partial charge in [-0.3, -0.25) is 0 Å². The van der Waals surface area contributed by atoms with E-state index < -0.39 is 5.66 Å². The Kier molecular flexibility index (Phi) is 5.16. The van der Waals surface area contributed by atoms with Gasteiger partial charge in [-0.05, 0) is 30.6 Å². The average Bonchev–Trinajstić information content (AvgIpc) is 2.53. The van der Waals surface area contributed by atoms with Crippen molar-refractivity contribution in [3.63, 3.8) is 0 Å². The molecule has 0 aliphatic heterocycles. The molecule has 0 saturated heterocycles. The molecule has 3 aliphatic rings. The van der Waals surface area contributed by atoms with Crippen LogP contribution in [0.2, 0.25) is 0 Å². The first-order chi connectivity index (χ1) is 10.5. The van der Waals surface area contributed by atoms with Crippen molar-refractivity contribution >= 4 is 0 Å². The van der Waals surface area contributed by atoms with Crippen molar-refractivity contribution in [3.8, 4) is 0 Å². The molecule has 0 heterocycles. The molecule has 0 radical (unpaired) electrons. The van der Waals surface area contributed by atoms with Gasteiger partial charge in [0.15, 0.2) is 0 Å². The third-order valence-electron chi connectivity index (χ3n) is 7.21. The summed E-state index contributed by atoms with van der Waals surface area (Å²) < 4.78 is 0. The molecule has 22 heavy (non-hydrogen) atoms. The standard InChI is InChI=1S/C19H37N3/c20-18(13-7-8-14-19(18,21)22)17(15-9-3-1-4-10-15)16-11-5-2-6-12-16/h15-17H,1-14,20-22H2. The van der Waals surface area contributed by atoms with Crippen molar-refractivity contribution in [1.82, 2.24) is 0 Å². The van der Waals surface area contributed by atoms with Crippen LogP contribution in [0.15, 0.2) is 0 Å². The highest BCUT2D eigenvalue weighted by molar-refractivity contribution is 5.12. The lowest BCUT2D eigenvalue weighted by atomic mass is 9.55. The quantitative estimate of drug-likeness (QED) is 0.696. The number of rotatable bonds is 3. The van der Waals surface area contributed by atoms with Gasteiger partial charge < -0.3 is 17.2 Å². The molecule has 3 nitrogen and oxygen atoms in total. The van der Waals surface area contributed by atoms with E-state index >= 15 is 0 Å². The molecule has 0 aromatic rings. The fourth-order valence-electron chi connectivity index (χ4n) is 5.99. The summed E-state index contributed by atoms with van der Waals surface area (Å²) in [6.45, 7) is 0. The maximum Gasteiger partial charge on any atom is 0.0824 e. The zero-order chi connectivity index (χ0) is 15.6. The van der Waals surface area contributed by atoms with E-state index in [1.165, 1.54) is 70.6 Å². The zero-order valence-corrected chi connectivity index (χ0v) is 14.4. The van der Waals surface area contributed by atoms with E-state index in [2.05, 4.69) is 0 Å². The van der Waals surface area contributed by atoms with Crippen molar-refractivity contribution in [3.05, 3.63) is 0 Å². The number of hydrogen-bond acceptors (Lipinski definition) is 3. The van der Waals surface area contributed by atoms with E-state index in [1.54, 1.807) is 0 Å². The normalized spacial score (nSPS) is 34.9.